The van der Waals surface area contributed by atoms with E-state index in [9.17, 15) is 0 Å². The first-order chi connectivity index (χ1) is 5.96. The van der Waals surface area contributed by atoms with Crippen molar-refractivity contribution in [3.63, 3.8) is 0 Å². The third-order valence-corrected chi connectivity index (χ3v) is 4.45. The van der Waals surface area contributed by atoms with Crippen LogP contribution < -0.4 is 9.92 Å². The standard InChI is InChI=1S/C9H14BrNOSi/c1-12-8-7(13(2,3)4)5-6-11-9(8)10/h5-6H,1-4H3. The molecule has 0 saturated carbocycles. The maximum absolute atomic E-state index is 5.33. The highest BCUT2D eigenvalue weighted by Gasteiger charge is 2.22. The van der Waals surface area contributed by atoms with Crippen molar-refractivity contribution in [2.45, 2.75) is 19.6 Å². The molecule has 0 aliphatic rings. The summed E-state index contributed by atoms with van der Waals surface area (Å²) in [5.41, 5.74) is 0. The van der Waals surface area contributed by atoms with Crippen LogP contribution in [-0.4, -0.2) is 20.2 Å². The second kappa shape index (κ2) is 3.80. The van der Waals surface area contributed by atoms with Crippen LogP contribution in [0.5, 0.6) is 5.75 Å². The molecule has 0 N–H and O–H groups in total. The average molecular weight is 260 g/mol. The van der Waals surface area contributed by atoms with E-state index in [1.807, 2.05) is 6.20 Å². The predicted octanol–water partition coefficient (Wildman–Crippen LogP) is 2.40. The zero-order chi connectivity index (χ0) is 10.1. The second-order valence-electron chi connectivity index (χ2n) is 3.93. The Morgan fingerprint density at radius 2 is 2.00 bits per heavy atom. The molecule has 0 aromatic carbocycles. The maximum atomic E-state index is 5.33. The summed E-state index contributed by atoms with van der Waals surface area (Å²) < 4.78 is 6.13. The Morgan fingerprint density at radius 1 is 1.38 bits per heavy atom. The number of hydrogen-bond acceptors (Lipinski definition) is 2. The molecule has 72 valence electrons. The van der Waals surface area contributed by atoms with Gasteiger partial charge in [0.2, 0.25) is 0 Å². The van der Waals surface area contributed by atoms with Gasteiger partial charge in [0, 0.05) is 6.20 Å². The highest BCUT2D eigenvalue weighted by Crippen LogP contribution is 2.22. The van der Waals surface area contributed by atoms with Gasteiger partial charge in [-0.1, -0.05) is 19.6 Å². The van der Waals surface area contributed by atoms with Crippen molar-refractivity contribution in [3.05, 3.63) is 16.9 Å². The second-order valence-corrected chi connectivity index (χ2v) is 9.72. The summed E-state index contributed by atoms with van der Waals surface area (Å²) in [4.78, 5) is 4.14. The van der Waals surface area contributed by atoms with Gasteiger partial charge in [-0.05, 0) is 27.2 Å². The molecule has 0 saturated heterocycles. The zero-order valence-electron chi connectivity index (χ0n) is 8.39. The molecule has 0 fully saturated rings. The van der Waals surface area contributed by atoms with Gasteiger partial charge in [0.15, 0.2) is 5.75 Å². The van der Waals surface area contributed by atoms with Crippen LogP contribution in [0.3, 0.4) is 0 Å². The molecule has 0 bridgehead atoms. The summed E-state index contributed by atoms with van der Waals surface area (Å²) in [6, 6.07) is 2.05. The highest BCUT2D eigenvalue weighted by atomic mass is 79.9. The first-order valence-electron chi connectivity index (χ1n) is 4.16. The first kappa shape index (κ1) is 10.7. The lowest BCUT2D eigenvalue weighted by Crippen LogP contribution is -2.38. The van der Waals surface area contributed by atoms with E-state index in [2.05, 4.69) is 46.6 Å². The Morgan fingerprint density at radius 3 is 2.38 bits per heavy atom. The van der Waals surface area contributed by atoms with Gasteiger partial charge in [0.25, 0.3) is 0 Å². The van der Waals surface area contributed by atoms with Crippen molar-refractivity contribution in [2.24, 2.45) is 0 Å². The van der Waals surface area contributed by atoms with Crippen LogP contribution in [0.1, 0.15) is 0 Å². The lowest BCUT2D eigenvalue weighted by atomic mass is 10.4. The lowest BCUT2D eigenvalue weighted by molar-refractivity contribution is 0.413. The van der Waals surface area contributed by atoms with E-state index in [1.165, 1.54) is 5.19 Å². The Bertz CT molecular complexity index is 309. The predicted molar refractivity (Wildman–Crippen MR) is 61.5 cm³/mol. The minimum Gasteiger partial charge on any atom is -0.494 e. The van der Waals surface area contributed by atoms with E-state index < -0.39 is 8.07 Å². The van der Waals surface area contributed by atoms with Crippen LogP contribution in [-0.2, 0) is 0 Å². The molecule has 1 heterocycles. The molecule has 4 heteroatoms. The maximum Gasteiger partial charge on any atom is 0.150 e. The van der Waals surface area contributed by atoms with Crippen molar-refractivity contribution >= 4 is 29.2 Å². The molecule has 0 aliphatic carbocycles. The van der Waals surface area contributed by atoms with E-state index in [0.717, 1.165) is 10.4 Å². The van der Waals surface area contributed by atoms with Crippen LogP contribution in [0.4, 0.5) is 0 Å². The lowest BCUT2D eigenvalue weighted by Gasteiger charge is -2.20. The summed E-state index contributed by atoms with van der Waals surface area (Å²) in [7, 11) is 0.361. The first-order valence-corrected chi connectivity index (χ1v) is 8.45. The molecule has 2 nitrogen and oxygen atoms in total. The van der Waals surface area contributed by atoms with Crippen molar-refractivity contribution in [1.29, 1.82) is 0 Å². The SMILES string of the molecule is COc1c([Si](C)(C)C)ccnc1Br. The molecule has 0 unspecified atom stereocenters. The van der Waals surface area contributed by atoms with Gasteiger partial charge in [-0.25, -0.2) is 4.98 Å². The number of pyridine rings is 1. The zero-order valence-corrected chi connectivity index (χ0v) is 11.0. The van der Waals surface area contributed by atoms with Crippen LogP contribution >= 0.6 is 15.9 Å². The van der Waals surface area contributed by atoms with Gasteiger partial charge in [-0.15, -0.1) is 0 Å². The number of halogens is 1. The molecular formula is C9H14BrNOSi. The molecule has 13 heavy (non-hydrogen) atoms. The minimum absolute atomic E-state index is 0.801. The van der Waals surface area contributed by atoms with E-state index in [-0.39, 0.29) is 0 Å². The summed E-state index contributed by atoms with van der Waals surface area (Å²) in [6.07, 6.45) is 1.82. The Labute approximate surface area is 88.5 Å². The quantitative estimate of drug-likeness (QED) is 0.601. The van der Waals surface area contributed by atoms with Gasteiger partial charge in [-0.2, -0.15) is 0 Å². The molecule has 0 aliphatic heterocycles. The number of aromatic nitrogens is 1. The van der Waals surface area contributed by atoms with Gasteiger partial charge >= 0.3 is 0 Å². The molecule has 0 radical (unpaired) electrons. The van der Waals surface area contributed by atoms with Crippen LogP contribution in [0, 0.1) is 0 Å². The molecule has 1 aromatic rings. The van der Waals surface area contributed by atoms with E-state index in [0.29, 0.717) is 0 Å². The third kappa shape index (κ3) is 2.31. The topological polar surface area (TPSA) is 22.1 Å². The monoisotopic (exact) mass is 259 g/mol. The average Bonchev–Trinajstić information content (AvgIpc) is 2.02. The number of ether oxygens (including phenoxy) is 1. The molecule has 0 spiro atoms. The normalized spacial score (nSPS) is 11.5. The molecule has 1 rings (SSSR count). The molecule has 0 amide bonds. The Kier molecular flexibility index (Phi) is 3.13. The third-order valence-electron chi connectivity index (χ3n) is 1.87. The number of hydrogen-bond donors (Lipinski definition) is 0. The van der Waals surface area contributed by atoms with Crippen LogP contribution in [0.2, 0.25) is 19.6 Å². The van der Waals surface area contributed by atoms with E-state index >= 15 is 0 Å². The largest absolute Gasteiger partial charge is 0.494 e. The van der Waals surface area contributed by atoms with Gasteiger partial charge < -0.3 is 4.74 Å². The van der Waals surface area contributed by atoms with E-state index in [1.54, 1.807) is 7.11 Å². The Balaban J connectivity index is 3.29. The van der Waals surface area contributed by atoms with Crippen molar-refractivity contribution < 1.29 is 4.74 Å². The number of nitrogens with zero attached hydrogens (tertiary/aromatic N) is 1. The summed E-state index contributed by atoms with van der Waals surface area (Å²) in [5, 5.41) is 1.30. The van der Waals surface area contributed by atoms with Crippen LogP contribution in [0.15, 0.2) is 16.9 Å². The smallest absolute Gasteiger partial charge is 0.150 e. The summed E-state index contributed by atoms with van der Waals surface area (Å²) >= 11 is 3.39. The van der Waals surface area contributed by atoms with Crippen molar-refractivity contribution in [1.82, 2.24) is 4.98 Å². The van der Waals surface area contributed by atoms with Gasteiger partial charge in [0.1, 0.15) is 4.60 Å². The highest BCUT2D eigenvalue weighted by molar-refractivity contribution is 9.10. The fourth-order valence-electron chi connectivity index (χ4n) is 1.21. The number of methoxy groups -OCH3 is 1. The van der Waals surface area contributed by atoms with Gasteiger partial charge in [0.05, 0.1) is 15.2 Å². The summed E-state index contributed by atoms with van der Waals surface area (Å²) in [5.74, 6) is 0.890. The molecule has 1 aromatic heterocycles. The summed E-state index contributed by atoms with van der Waals surface area (Å²) in [6.45, 7) is 6.87. The number of rotatable bonds is 2. The van der Waals surface area contributed by atoms with E-state index in [4.69, 9.17) is 4.74 Å². The van der Waals surface area contributed by atoms with Crippen molar-refractivity contribution in [2.75, 3.05) is 7.11 Å². The Hall–Kier alpha value is -0.353. The molecular weight excluding hydrogens is 246 g/mol. The van der Waals surface area contributed by atoms with Crippen molar-refractivity contribution in [3.8, 4) is 5.75 Å². The molecule has 0 atom stereocenters. The van der Waals surface area contributed by atoms with Crippen LogP contribution in [0.25, 0.3) is 0 Å². The fraction of sp³-hybridized carbons (Fsp3) is 0.444. The minimum atomic E-state index is -1.33. The van der Waals surface area contributed by atoms with Gasteiger partial charge in [-0.3, -0.25) is 0 Å². The fourth-order valence-corrected chi connectivity index (χ4v) is 3.36.